The number of nitrogens with zero attached hydrogens (tertiary/aromatic N) is 2. The van der Waals surface area contributed by atoms with Gasteiger partial charge in [-0.05, 0) is 42.5 Å². The largest absolute Gasteiger partial charge is 0.436 e. The number of rotatable bonds is 2. The number of carbonyl (C=O) groups excluding carboxylic acids is 2. The van der Waals surface area contributed by atoms with E-state index in [2.05, 4.69) is 26.2 Å². The number of benzene rings is 2. The second-order valence-electron chi connectivity index (χ2n) is 6.45. The summed E-state index contributed by atoms with van der Waals surface area (Å²) < 4.78 is 7.91. The van der Waals surface area contributed by atoms with Crippen LogP contribution in [0.15, 0.2) is 62.2 Å². The fourth-order valence-corrected chi connectivity index (χ4v) is 3.58. The summed E-state index contributed by atoms with van der Waals surface area (Å²) >= 11 is 3.39. The van der Waals surface area contributed by atoms with E-state index in [1.165, 1.54) is 4.57 Å². The van der Waals surface area contributed by atoms with Gasteiger partial charge in [-0.15, -0.1) is 0 Å². The van der Waals surface area contributed by atoms with E-state index in [1.807, 2.05) is 24.3 Å². The van der Waals surface area contributed by atoms with Gasteiger partial charge in [0.05, 0.1) is 16.8 Å². The molecule has 9 heteroatoms. The number of aromatic nitrogens is 2. The molecule has 0 fully saturated rings. The summed E-state index contributed by atoms with van der Waals surface area (Å²) in [6.45, 7) is 0. The highest BCUT2D eigenvalue weighted by atomic mass is 79.9. The predicted molar refractivity (Wildman–Crippen MR) is 109 cm³/mol. The molecule has 4 aromatic rings. The summed E-state index contributed by atoms with van der Waals surface area (Å²) in [5.41, 5.74) is 7.79. The molecule has 142 valence electrons. The van der Waals surface area contributed by atoms with E-state index in [1.54, 1.807) is 18.2 Å². The second-order valence-corrected chi connectivity index (χ2v) is 7.37. The van der Waals surface area contributed by atoms with Gasteiger partial charge < -0.3 is 10.2 Å². The van der Waals surface area contributed by atoms with Gasteiger partial charge >= 0.3 is 0 Å². The molecule has 3 N–H and O–H groups in total. The zero-order chi connectivity index (χ0) is 20.3. The molecule has 1 aliphatic heterocycles. The zero-order valence-corrected chi connectivity index (χ0v) is 16.2. The predicted octanol–water partition coefficient (Wildman–Crippen LogP) is 2.87. The van der Waals surface area contributed by atoms with Gasteiger partial charge in [0.1, 0.15) is 11.3 Å². The number of carbonyl (C=O) groups is 2. The number of fused-ring (bicyclic) bond motifs is 2. The summed E-state index contributed by atoms with van der Waals surface area (Å²) in [7, 11) is 0. The minimum Gasteiger partial charge on any atom is -0.436 e. The SMILES string of the molecule is Nc1c2c(cc(=O)n1-c1ccc3oc(-c4ccc(Br)cc4)nc3c1)C(=O)NC2=O. The lowest BCUT2D eigenvalue weighted by Crippen LogP contribution is -2.24. The molecule has 2 aromatic heterocycles. The molecule has 0 bridgehead atoms. The van der Waals surface area contributed by atoms with Gasteiger partial charge in [0.15, 0.2) is 5.58 Å². The van der Waals surface area contributed by atoms with E-state index in [4.69, 9.17) is 10.2 Å². The zero-order valence-electron chi connectivity index (χ0n) is 14.6. The second kappa shape index (κ2) is 6.14. The molecule has 5 rings (SSSR count). The van der Waals surface area contributed by atoms with Crippen molar-refractivity contribution in [2.24, 2.45) is 0 Å². The van der Waals surface area contributed by atoms with Crippen molar-refractivity contribution in [1.29, 1.82) is 0 Å². The molecule has 2 amide bonds. The first kappa shape index (κ1) is 17.4. The van der Waals surface area contributed by atoms with Gasteiger partial charge in [-0.2, -0.15) is 0 Å². The molecule has 0 radical (unpaired) electrons. The van der Waals surface area contributed by atoms with Crippen LogP contribution < -0.4 is 16.6 Å². The number of anilines is 1. The quantitative estimate of drug-likeness (QED) is 0.453. The van der Waals surface area contributed by atoms with Crippen molar-refractivity contribution < 1.29 is 14.0 Å². The van der Waals surface area contributed by atoms with E-state index >= 15 is 0 Å². The van der Waals surface area contributed by atoms with Crippen LogP contribution in [0, 0.1) is 0 Å². The van der Waals surface area contributed by atoms with Crippen molar-refractivity contribution in [3.63, 3.8) is 0 Å². The van der Waals surface area contributed by atoms with Gasteiger partial charge in [-0.3, -0.25) is 24.3 Å². The third-order valence-corrected chi connectivity index (χ3v) is 5.20. The Bertz CT molecular complexity index is 1400. The number of imide groups is 1. The molecule has 8 nitrogen and oxygen atoms in total. The highest BCUT2D eigenvalue weighted by Gasteiger charge is 2.31. The monoisotopic (exact) mass is 450 g/mol. The highest BCUT2D eigenvalue weighted by Crippen LogP contribution is 2.28. The van der Waals surface area contributed by atoms with Crippen LogP contribution in [0.25, 0.3) is 28.2 Å². The molecule has 0 aliphatic carbocycles. The molecule has 1 aliphatic rings. The molecule has 0 saturated heterocycles. The van der Waals surface area contributed by atoms with Crippen molar-refractivity contribution in [2.75, 3.05) is 5.73 Å². The normalized spacial score (nSPS) is 13.0. The lowest BCUT2D eigenvalue weighted by atomic mass is 10.1. The van der Waals surface area contributed by atoms with Crippen LogP contribution in [-0.4, -0.2) is 21.4 Å². The highest BCUT2D eigenvalue weighted by molar-refractivity contribution is 9.10. The van der Waals surface area contributed by atoms with Gasteiger partial charge in [-0.1, -0.05) is 15.9 Å². The number of amides is 2. The Balaban J connectivity index is 1.66. The van der Waals surface area contributed by atoms with Crippen LogP contribution in [0.5, 0.6) is 0 Å². The molecular weight excluding hydrogens is 440 g/mol. The Morgan fingerprint density at radius 2 is 1.76 bits per heavy atom. The third-order valence-electron chi connectivity index (χ3n) is 4.67. The minimum atomic E-state index is -0.632. The minimum absolute atomic E-state index is 0.00889. The van der Waals surface area contributed by atoms with Gasteiger partial charge in [0.25, 0.3) is 17.4 Å². The van der Waals surface area contributed by atoms with E-state index in [0.29, 0.717) is 22.7 Å². The van der Waals surface area contributed by atoms with E-state index in [-0.39, 0.29) is 16.9 Å². The summed E-state index contributed by atoms with van der Waals surface area (Å²) in [4.78, 5) is 40.9. The Labute approximate surface area is 171 Å². The number of hydrogen-bond acceptors (Lipinski definition) is 6. The van der Waals surface area contributed by atoms with Crippen LogP contribution >= 0.6 is 15.9 Å². The van der Waals surface area contributed by atoms with Crippen molar-refractivity contribution in [3.05, 3.63) is 74.5 Å². The molecule has 0 spiro atoms. The Kier molecular flexibility index (Phi) is 3.68. The van der Waals surface area contributed by atoms with E-state index in [9.17, 15) is 14.4 Å². The number of hydrogen-bond donors (Lipinski definition) is 2. The van der Waals surface area contributed by atoms with Crippen molar-refractivity contribution in [2.45, 2.75) is 0 Å². The molecule has 0 atom stereocenters. The standard InChI is InChI=1S/C20H11BrN4O4/c21-10-3-1-9(2-4-10)20-23-13-7-11(5-6-14(13)29-20)25-15(26)8-12-16(17(25)22)19(28)24-18(12)27/h1-8H,22H2,(H,24,27,28). The molecule has 2 aromatic carbocycles. The Morgan fingerprint density at radius 3 is 2.52 bits per heavy atom. The number of halogens is 1. The van der Waals surface area contributed by atoms with Crippen LogP contribution in [0.2, 0.25) is 0 Å². The van der Waals surface area contributed by atoms with Crippen molar-refractivity contribution in [3.8, 4) is 17.1 Å². The van der Waals surface area contributed by atoms with Gasteiger partial charge in [0.2, 0.25) is 5.89 Å². The average Bonchev–Trinajstić information content (AvgIpc) is 3.23. The summed E-state index contributed by atoms with van der Waals surface area (Å²) in [6.07, 6.45) is 0. The van der Waals surface area contributed by atoms with Crippen LogP contribution in [0.4, 0.5) is 5.82 Å². The van der Waals surface area contributed by atoms with Crippen molar-refractivity contribution >= 4 is 44.7 Å². The number of nitrogen functional groups attached to an aromatic ring is 1. The third kappa shape index (κ3) is 2.66. The molecule has 0 saturated carbocycles. The van der Waals surface area contributed by atoms with E-state index in [0.717, 1.165) is 16.1 Å². The molecular formula is C20H11BrN4O4. The van der Waals surface area contributed by atoms with E-state index < -0.39 is 17.4 Å². The molecule has 29 heavy (non-hydrogen) atoms. The smallest absolute Gasteiger partial charge is 0.262 e. The first-order chi connectivity index (χ1) is 13.9. The topological polar surface area (TPSA) is 120 Å². The first-order valence-electron chi connectivity index (χ1n) is 8.50. The maximum atomic E-state index is 12.6. The summed E-state index contributed by atoms with van der Waals surface area (Å²) in [5, 5.41) is 2.14. The van der Waals surface area contributed by atoms with Crippen LogP contribution in [-0.2, 0) is 0 Å². The lowest BCUT2D eigenvalue weighted by molar-refractivity contribution is 0.0880. The fourth-order valence-electron chi connectivity index (χ4n) is 3.32. The number of oxazole rings is 1. The van der Waals surface area contributed by atoms with Crippen LogP contribution in [0.3, 0.4) is 0 Å². The number of nitrogens with two attached hydrogens (primary N) is 1. The Hall–Kier alpha value is -3.72. The molecule has 0 unspecified atom stereocenters. The summed E-state index contributed by atoms with van der Waals surface area (Å²) in [6, 6.07) is 13.6. The van der Waals surface area contributed by atoms with Gasteiger partial charge in [0, 0.05) is 16.1 Å². The Morgan fingerprint density at radius 1 is 1.00 bits per heavy atom. The maximum absolute atomic E-state index is 12.6. The van der Waals surface area contributed by atoms with Crippen molar-refractivity contribution in [1.82, 2.24) is 14.9 Å². The first-order valence-corrected chi connectivity index (χ1v) is 9.30. The maximum Gasteiger partial charge on any atom is 0.262 e. The molecule has 3 heterocycles. The summed E-state index contributed by atoms with van der Waals surface area (Å²) in [5.74, 6) is -0.931. The fraction of sp³-hybridized carbons (Fsp3) is 0. The average molecular weight is 451 g/mol. The number of nitrogens with one attached hydrogen (secondary N) is 1. The van der Waals surface area contributed by atoms with Crippen LogP contribution in [0.1, 0.15) is 20.7 Å². The number of pyridine rings is 1. The lowest BCUT2D eigenvalue weighted by Gasteiger charge is -2.11. The van der Waals surface area contributed by atoms with Gasteiger partial charge in [-0.25, -0.2) is 4.98 Å².